The molecule has 2 nitrogen and oxygen atoms in total. The van der Waals surface area contributed by atoms with E-state index in [0.717, 1.165) is 0 Å². The third-order valence-corrected chi connectivity index (χ3v) is 7.80. The molecule has 3 heterocycles. The van der Waals surface area contributed by atoms with Crippen molar-refractivity contribution in [3.8, 4) is 0 Å². The van der Waals surface area contributed by atoms with Crippen LogP contribution >= 0.6 is 0 Å². The third kappa shape index (κ3) is 1.79. The number of fused-ring (bicyclic) bond motifs is 15. The first-order chi connectivity index (χ1) is 16.9. The monoisotopic (exact) mass is 430 g/mol. The summed E-state index contributed by atoms with van der Waals surface area (Å²) in [7, 11) is 0. The summed E-state index contributed by atoms with van der Waals surface area (Å²) in [5.41, 5.74) is 6.28. The van der Waals surface area contributed by atoms with Gasteiger partial charge in [-0.2, -0.15) is 0 Å². The molecule has 6 aromatic carbocycles. The Hall–Kier alpha value is -4.56. The summed E-state index contributed by atoms with van der Waals surface area (Å²) in [6.07, 6.45) is 0. The molecule has 0 atom stereocenters. The zero-order valence-corrected chi connectivity index (χ0v) is 18.3. The molecule has 3 aromatic heterocycles. The quantitative estimate of drug-likeness (QED) is 0.248. The van der Waals surface area contributed by atoms with Crippen molar-refractivity contribution in [2.75, 3.05) is 0 Å². The lowest BCUT2D eigenvalue weighted by Gasteiger charge is -2.07. The number of para-hydroxylation sites is 2. The fourth-order valence-corrected chi connectivity index (χ4v) is 6.53. The molecule has 0 spiro atoms. The summed E-state index contributed by atoms with van der Waals surface area (Å²) in [6.45, 7) is 0. The molecule has 0 saturated heterocycles. The fourth-order valence-electron chi connectivity index (χ4n) is 6.53. The molecular weight excluding hydrogens is 412 g/mol. The Balaban J connectivity index is 1.76. The molecule has 156 valence electrons. The van der Waals surface area contributed by atoms with Crippen molar-refractivity contribution in [1.82, 2.24) is 9.38 Å². The molecule has 0 aliphatic carbocycles. The van der Waals surface area contributed by atoms with Crippen LogP contribution in [0.15, 0.2) is 103 Å². The van der Waals surface area contributed by atoms with E-state index in [1.165, 1.54) is 81.4 Å². The van der Waals surface area contributed by atoms with Crippen LogP contribution in [0.2, 0.25) is 0 Å². The summed E-state index contributed by atoms with van der Waals surface area (Å²) < 4.78 is 2.52. The predicted octanol–water partition coefficient (Wildman–Crippen LogP) is 8.78. The van der Waals surface area contributed by atoms with Crippen molar-refractivity contribution in [2.24, 2.45) is 0 Å². The highest BCUT2D eigenvalue weighted by Gasteiger charge is 2.24. The van der Waals surface area contributed by atoms with Gasteiger partial charge in [-0.25, -0.2) is 0 Å². The lowest BCUT2D eigenvalue weighted by molar-refractivity contribution is 1.37. The first-order valence-corrected chi connectivity index (χ1v) is 11.8. The minimum Gasteiger partial charge on any atom is -0.353 e. The number of aromatic amines is 1. The van der Waals surface area contributed by atoms with Gasteiger partial charge < -0.3 is 9.38 Å². The Morgan fingerprint density at radius 3 is 1.94 bits per heavy atom. The maximum absolute atomic E-state index is 3.82. The Bertz CT molecular complexity index is 2270. The van der Waals surface area contributed by atoms with Crippen LogP contribution in [0, 0.1) is 0 Å². The van der Waals surface area contributed by atoms with Gasteiger partial charge in [0.05, 0.1) is 22.1 Å². The molecule has 0 radical (unpaired) electrons. The molecule has 0 aliphatic rings. The van der Waals surface area contributed by atoms with Crippen LogP contribution in [0.4, 0.5) is 0 Å². The lowest BCUT2D eigenvalue weighted by atomic mass is 9.96. The van der Waals surface area contributed by atoms with Gasteiger partial charge in [-0.1, -0.05) is 84.9 Å². The van der Waals surface area contributed by atoms with Crippen molar-refractivity contribution < 1.29 is 0 Å². The normalized spacial score (nSPS) is 12.7. The van der Waals surface area contributed by atoms with Crippen LogP contribution in [0.3, 0.4) is 0 Å². The van der Waals surface area contributed by atoms with Gasteiger partial charge in [-0.05, 0) is 39.7 Å². The molecule has 2 heteroatoms. The molecule has 9 aromatic rings. The van der Waals surface area contributed by atoms with E-state index in [4.69, 9.17) is 0 Å². The minimum atomic E-state index is 1.19. The molecule has 0 fully saturated rings. The molecular formula is C32H18N2. The van der Waals surface area contributed by atoms with Crippen LogP contribution in [0.1, 0.15) is 0 Å². The molecule has 9 rings (SSSR count). The molecule has 0 aliphatic heterocycles. The number of benzene rings is 6. The molecule has 0 saturated carbocycles. The zero-order chi connectivity index (χ0) is 22.0. The van der Waals surface area contributed by atoms with Crippen LogP contribution < -0.4 is 0 Å². The highest BCUT2D eigenvalue weighted by Crippen LogP contribution is 2.48. The average molecular weight is 431 g/mol. The number of aromatic nitrogens is 2. The van der Waals surface area contributed by atoms with Crippen LogP contribution in [0.25, 0.3) is 81.4 Å². The lowest BCUT2D eigenvalue weighted by Crippen LogP contribution is -1.84. The molecule has 34 heavy (non-hydrogen) atoms. The Morgan fingerprint density at radius 1 is 0.471 bits per heavy atom. The maximum atomic E-state index is 3.82. The van der Waals surface area contributed by atoms with E-state index in [-0.39, 0.29) is 0 Å². The van der Waals surface area contributed by atoms with E-state index in [1.807, 2.05) is 0 Å². The van der Waals surface area contributed by atoms with Gasteiger partial charge in [0.1, 0.15) is 0 Å². The largest absolute Gasteiger partial charge is 0.353 e. The third-order valence-electron chi connectivity index (χ3n) is 7.80. The van der Waals surface area contributed by atoms with E-state index in [1.54, 1.807) is 0 Å². The number of nitrogens with one attached hydrogen (secondary N) is 1. The summed E-state index contributed by atoms with van der Waals surface area (Å²) in [5.74, 6) is 0. The Labute approximate surface area is 194 Å². The number of nitrogens with zero attached hydrogens (tertiary/aromatic N) is 1. The predicted molar refractivity (Wildman–Crippen MR) is 145 cm³/mol. The smallest absolute Gasteiger partial charge is 0.0790 e. The van der Waals surface area contributed by atoms with Crippen molar-refractivity contribution in [3.05, 3.63) is 103 Å². The van der Waals surface area contributed by atoms with Gasteiger partial charge in [-0.15, -0.1) is 0 Å². The van der Waals surface area contributed by atoms with Gasteiger partial charge in [0.15, 0.2) is 0 Å². The molecule has 1 N–H and O–H groups in total. The van der Waals surface area contributed by atoms with E-state index >= 15 is 0 Å². The number of hydrogen-bond acceptors (Lipinski definition) is 0. The van der Waals surface area contributed by atoms with E-state index in [9.17, 15) is 0 Å². The SMILES string of the molecule is c1ccc2c(c1)cc1c3c4ccccc4c4c5ccccc5[nH]c4c3n3c4ccccc4c2c13. The van der Waals surface area contributed by atoms with Gasteiger partial charge in [0.2, 0.25) is 0 Å². The van der Waals surface area contributed by atoms with Gasteiger partial charge in [0, 0.05) is 37.8 Å². The Morgan fingerprint density at radius 2 is 1.09 bits per heavy atom. The van der Waals surface area contributed by atoms with Gasteiger partial charge in [0.25, 0.3) is 0 Å². The fraction of sp³-hybridized carbons (Fsp3) is 0. The number of hydrogen-bond donors (Lipinski definition) is 1. The second-order valence-electron chi connectivity index (χ2n) is 9.41. The highest BCUT2D eigenvalue weighted by molar-refractivity contribution is 6.40. The maximum Gasteiger partial charge on any atom is 0.0790 e. The van der Waals surface area contributed by atoms with Gasteiger partial charge >= 0.3 is 0 Å². The van der Waals surface area contributed by atoms with Crippen LogP contribution in [0.5, 0.6) is 0 Å². The van der Waals surface area contributed by atoms with Crippen LogP contribution in [-0.2, 0) is 0 Å². The second kappa shape index (κ2) is 5.67. The molecule has 0 amide bonds. The van der Waals surface area contributed by atoms with Gasteiger partial charge in [-0.3, -0.25) is 0 Å². The zero-order valence-electron chi connectivity index (χ0n) is 18.3. The highest BCUT2D eigenvalue weighted by atomic mass is 14.9. The van der Waals surface area contributed by atoms with Crippen molar-refractivity contribution in [3.63, 3.8) is 0 Å². The Kier molecular flexibility index (Phi) is 2.83. The number of H-pyrrole nitrogens is 1. The van der Waals surface area contributed by atoms with Crippen molar-refractivity contribution >= 4 is 81.4 Å². The molecule has 0 bridgehead atoms. The second-order valence-corrected chi connectivity index (χ2v) is 9.41. The summed E-state index contributed by atoms with van der Waals surface area (Å²) in [5, 5.41) is 13.2. The van der Waals surface area contributed by atoms with E-state index in [2.05, 4.69) is 113 Å². The topological polar surface area (TPSA) is 20.2 Å². The average Bonchev–Trinajstić information content (AvgIpc) is 3.55. The summed E-state index contributed by atoms with van der Waals surface area (Å²) >= 11 is 0. The first-order valence-electron chi connectivity index (χ1n) is 11.8. The van der Waals surface area contributed by atoms with E-state index < -0.39 is 0 Å². The van der Waals surface area contributed by atoms with Crippen molar-refractivity contribution in [1.29, 1.82) is 0 Å². The standard InChI is InChI=1S/C32H18N2/c1-2-10-19-18(9-1)17-24-29-21-12-4-3-11-20(21)27-22-13-5-7-15-25(22)33-30(27)32(29)34-26-16-8-6-14-23(26)28(19)31(24)34/h1-17,33H. The van der Waals surface area contributed by atoms with E-state index in [0.29, 0.717) is 0 Å². The van der Waals surface area contributed by atoms with Crippen molar-refractivity contribution in [2.45, 2.75) is 0 Å². The summed E-state index contributed by atoms with van der Waals surface area (Å²) in [4.78, 5) is 3.82. The van der Waals surface area contributed by atoms with Crippen LogP contribution in [-0.4, -0.2) is 9.38 Å². The first kappa shape index (κ1) is 17.0. The minimum absolute atomic E-state index is 1.19. The summed E-state index contributed by atoms with van der Waals surface area (Å²) in [6, 6.07) is 37.7. The molecule has 0 unspecified atom stereocenters. The number of rotatable bonds is 0.